The van der Waals surface area contributed by atoms with Crippen LogP contribution in [0.2, 0.25) is 0 Å². The molecular formula is C21H23Cl2N2OP. The first kappa shape index (κ1) is 20.4. The average molecular weight is 421 g/mol. The number of rotatable bonds is 5. The Morgan fingerprint density at radius 2 is 1.22 bits per heavy atom. The third kappa shape index (κ3) is 5.34. The minimum Gasteiger partial charge on any atom is -0.304 e. The van der Waals surface area contributed by atoms with Crippen LogP contribution in [0.25, 0.3) is 10.1 Å². The molecule has 1 heterocycles. The maximum absolute atomic E-state index is 14.0. The summed E-state index contributed by atoms with van der Waals surface area (Å²) in [5, 5.41) is 0.957. The number of hydrogen-bond donors (Lipinski definition) is 0. The maximum atomic E-state index is 14.0. The van der Waals surface area contributed by atoms with Gasteiger partial charge in [0, 0.05) is 37.8 Å². The maximum Gasteiger partial charge on any atom is 0.196 e. The summed E-state index contributed by atoms with van der Waals surface area (Å²) >= 11 is 13.1. The summed E-state index contributed by atoms with van der Waals surface area (Å²) in [6.07, 6.45) is 0. The zero-order valence-electron chi connectivity index (χ0n) is 15.3. The van der Waals surface area contributed by atoms with E-state index in [1.807, 2.05) is 65.3 Å². The summed E-state index contributed by atoms with van der Waals surface area (Å²) < 4.78 is 16.0. The summed E-state index contributed by atoms with van der Waals surface area (Å²) in [4.78, 5) is 2.23. The van der Waals surface area contributed by atoms with Gasteiger partial charge in [-0.15, -0.1) is 0 Å². The molecule has 3 nitrogen and oxygen atoms in total. The molecule has 0 radical (unpaired) electrons. The smallest absolute Gasteiger partial charge is 0.196 e. The predicted molar refractivity (Wildman–Crippen MR) is 117 cm³/mol. The van der Waals surface area contributed by atoms with Crippen molar-refractivity contribution in [1.29, 1.82) is 0 Å². The molecule has 0 aliphatic carbocycles. The standard InChI is InChI=1S/C21H23Cl2N2OP/c1-24-12-14-25(15-13-24)27(26,16-20(22)18-8-4-2-5-9-18)17-21(23)19-10-6-3-7-11-19/h2-11,16-17H,12-15H2,1H3/b20-16+,21-17?. The third-order valence-corrected chi connectivity index (χ3v) is 8.12. The number of likely N-dealkylation sites (N-methyl/N-ethyl adjacent to an activating group) is 1. The molecule has 0 saturated carbocycles. The molecule has 6 heteroatoms. The lowest BCUT2D eigenvalue weighted by molar-refractivity contribution is 0.223. The SMILES string of the molecule is CN1CCN(P(=O)(C=C(Cl)c2ccccc2)/C=C(/Cl)c2ccccc2)CC1. The molecule has 0 N–H and O–H groups in total. The number of halogens is 2. The number of benzene rings is 2. The Balaban J connectivity index is 2.00. The molecule has 142 valence electrons. The fourth-order valence-electron chi connectivity index (χ4n) is 2.98. The number of nitrogens with zero attached hydrogens (tertiary/aromatic N) is 2. The van der Waals surface area contributed by atoms with Gasteiger partial charge in [-0.25, -0.2) is 4.67 Å². The van der Waals surface area contributed by atoms with Gasteiger partial charge in [-0.1, -0.05) is 83.9 Å². The van der Waals surface area contributed by atoms with Gasteiger partial charge < -0.3 is 4.90 Å². The third-order valence-electron chi connectivity index (χ3n) is 4.62. The van der Waals surface area contributed by atoms with E-state index in [1.165, 1.54) is 0 Å². The first-order chi connectivity index (χ1) is 13.0. The second kappa shape index (κ2) is 9.23. The van der Waals surface area contributed by atoms with Crippen molar-refractivity contribution in [3.8, 4) is 0 Å². The van der Waals surface area contributed by atoms with E-state index in [0.717, 1.165) is 24.2 Å². The fraction of sp³-hybridized carbons (Fsp3) is 0.238. The molecule has 27 heavy (non-hydrogen) atoms. The first-order valence-corrected chi connectivity index (χ1v) is 11.4. The van der Waals surface area contributed by atoms with Gasteiger partial charge in [0.25, 0.3) is 0 Å². The molecule has 1 saturated heterocycles. The van der Waals surface area contributed by atoms with Crippen LogP contribution < -0.4 is 0 Å². The van der Waals surface area contributed by atoms with Crippen LogP contribution in [0.4, 0.5) is 0 Å². The van der Waals surface area contributed by atoms with Gasteiger partial charge in [0.05, 0.1) is 10.1 Å². The summed E-state index contributed by atoms with van der Waals surface area (Å²) in [5.41, 5.74) is 1.69. The monoisotopic (exact) mass is 420 g/mol. The molecule has 2 aromatic rings. The van der Waals surface area contributed by atoms with Crippen LogP contribution in [0.15, 0.2) is 72.3 Å². The Labute approximate surface area is 171 Å². The molecule has 2 aromatic carbocycles. The van der Waals surface area contributed by atoms with Crippen LogP contribution in [0.5, 0.6) is 0 Å². The van der Waals surface area contributed by atoms with Gasteiger partial charge in [0.2, 0.25) is 0 Å². The second-order valence-corrected chi connectivity index (χ2v) is 9.86. The highest BCUT2D eigenvalue weighted by Crippen LogP contribution is 2.57. The highest BCUT2D eigenvalue weighted by Gasteiger charge is 2.30. The van der Waals surface area contributed by atoms with E-state index in [0.29, 0.717) is 23.2 Å². The van der Waals surface area contributed by atoms with Crippen molar-refractivity contribution in [3.05, 3.63) is 83.4 Å². The molecule has 0 spiro atoms. The van der Waals surface area contributed by atoms with Crippen molar-refractivity contribution in [2.75, 3.05) is 33.2 Å². The van der Waals surface area contributed by atoms with Gasteiger partial charge in [-0.05, 0) is 18.2 Å². The van der Waals surface area contributed by atoms with Crippen molar-refractivity contribution >= 4 is 40.6 Å². The Bertz CT molecular complexity index is 801. The lowest BCUT2D eigenvalue weighted by atomic mass is 10.2. The van der Waals surface area contributed by atoms with Gasteiger partial charge in [-0.3, -0.25) is 4.57 Å². The molecular weight excluding hydrogens is 398 g/mol. The fourth-order valence-corrected chi connectivity index (χ4v) is 6.22. The quantitative estimate of drug-likeness (QED) is 0.555. The Hall–Kier alpha value is -1.35. The topological polar surface area (TPSA) is 23.6 Å². The van der Waals surface area contributed by atoms with E-state index in [1.54, 1.807) is 11.6 Å². The average Bonchev–Trinajstić information content (AvgIpc) is 2.69. The zero-order chi connectivity index (χ0) is 19.3. The molecule has 1 aliphatic rings. The van der Waals surface area contributed by atoms with Gasteiger partial charge in [-0.2, -0.15) is 0 Å². The lowest BCUT2D eigenvalue weighted by Crippen LogP contribution is -2.42. The van der Waals surface area contributed by atoms with Crippen molar-refractivity contribution < 1.29 is 4.57 Å². The van der Waals surface area contributed by atoms with Crippen molar-refractivity contribution in [2.45, 2.75) is 0 Å². The molecule has 0 bridgehead atoms. The van der Waals surface area contributed by atoms with Crippen molar-refractivity contribution in [2.24, 2.45) is 0 Å². The van der Waals surface area contributed by atoms with E-state index in [9.17, 15) is 4.57 Å². The van der Waals surface area contributed by atoms with E-state index in [2.05, 4.69) is 11.9 Å². The van der Waals surface area contributed by atoms with Gasteiger partial charge >= 0.3 is 0 Å². The molecule has 1 atom stereocenters. The summed E-state index contributed by atoms with van der Waals surface area (Å²) in [6.45, 7) is 3.13. The molecule has 1 aliphatic heterocycles. The van der Waals surface area contributed by atoms with Crippen LogP contribution >= 0.6 is 30.5 Å². The zero-order valence-corrected chi connectivity index (χ0v) is 17.7. The highest BCUT2D eigenvalue weighted by atomic mass is 35.5. The van der Waals surface area contributed by atoms with Crippen LogP contribution in [0, 0.1) is 0 Å². The largest absolute Gasteiger partial charge is 0.304 e. The molecule has 0 aromatic heterocycles. The number of piperazine rings is 1. The van der Waals surface area contributed by atoms with Gasteiger partial charge in [0.15, 0.2) is 7.29 Å². The van der Waals surface area contributed by atoms with Crippen LogP contribution in [-0.4, -0.2) is 42.8 Å². The lowest BCUT2D eigenvalue weighted by Gasteiger charge is -2.35. The molecule has 0 amide bonds. The summed E-state index contributed by atoms with van der Waals surface area (Å²) in [6, 6.07) is 19.2. The summed E-state index contributed by atoms with van der Waals surface area (Å²) in [7, 11) is -0.974. The van der Waals surface area contributed by atoms with Crippen molar-refractivity contribution in [3.63, 3.8) is 0 Å². The minimum atomic E-state index is -3.05. The molecule has 1 unspecified atom stereocenters. The highest BCUT2D eigenvalue weighted by molar-refractivity contribution is 7.68. The molecule has 3 rings (SSSR count). The van der Waals surface area contributed by atoms with Crippen LogP contribution in [-0.2, 0) is 4.57 Å². The van der Waals surface area contributed by atoms with Gasteiger partial charge in [0.1, 0.15) is 0 Å². The van der Waals surface area contributed by atoms with Crippen molar-refractivity contribution in [1.82, 2.24) is 9.57 Å². The van der Waals surface area contributed by atoms with Crippen LogP contribution in [0.1, 0.15) is 11.1 Å². The van der Waals surface area contributed by atoms with Crippen LogP contribution in [0.3, 0.4) is 0 Å². The Kier molecular flexibility index (Phi) is 6.97. The Morgan fingerprint density at radius 3 is 1.63 bits per heavy atom. The first-order valence-electron chi connectivity index (χ1n) is 8.89. The minimum absolute atomic E-state index is 0.478. The molecule has 1 fully saturated rings. The van der Waals surface area contributed by atoms with E-state index in [4.69, 9.17) is 23.2 Å². The predicted octanol–water partition coefficient (Wildman–Crippen LogP) is 5.99. The second-order valence-electron chi connectivity index (χ2n) is 6.62. The normalized spacial score (nSPS) is 19.7. The summed E-state index contributed by atoms with van der Waals surface area (Å²) in [5.74, 6) is 3.36. The van der Waals surface area contributed by atoms with E-state index in [-0.39, 0.29) is 0 Å². The number of hydrogen-bond acceptors (Lipinski definition) is 2. The Morgan fingerprint density at radius 1 is 0.815 bits per heavy atom. The van der Waals surface area contributed by atoms with E-state index < -0.39 is 7.29 Å². The van der Waals surface area contributed by atoms with E-state index >= 15 is 0 Å².